The summed E-state index contributed by atoms with van der Waals surface area (Å²) in [5.41, 5.74) is 13.6. The van der Waals surface area contributed by atoms with E-state index in [-0.39, 0.29) is 20.4 Å². The summed E-state index contributed by atoms with van der Waals surface area (Å²) in [6, 6.07) is 58.3. The third-order valence-electron chi connectivity index (χ3n) is 11.0. The van der Waals surface area contributed by atoms with Gasteiger partial charge in [0.05, 0.1) is 5.69 Å². The Morgan fingerprint density at radius 3 is 1.98 bits per heavy atom. The molecule has 3 heterocycles. The predicted octanol–water partition coefficient (Wildman–Crippen LogP) is 13.7. The molecule has 294 valence electrons. The van der Waals surface area contributed by atoms with Gasteiger partial charge in [-0.2, -0.15) is 17.2 Å². The van der Waals surface area contributed by atoms with E-state index in [9.17, 15) is 0 Å². The second-order valence-electron chi connectivity index (χ2n) is 15.0. The molecule has 0 amide bonds. The van der Waals surface area contributed by atoms with Crippen molar-refractivity contribution in [3.05, 3.63) is 181 Å². The zero-order valence-corrected chi connectivity index (χ0v) is 35.2. The van der Waals surface area contributed by atoms with Crippen LogP contribution in [-0.4, -0.2) is 19.3 Å². The van der Waals surface area contributed by atoms with Gasteiger partial charge < -0.3 is 9.30 Å². The van der Waals surface area contributed by atoms with E-state index in [0.717, 1.165) is 83.1 Å². The van der Waals surface area contributed by atoms with Gasteiger partial charge in [-0.3, -0.25) is 4.68 Å². The summed E-state index contributed by atoms with van der Waals surface area (Å²) in [4.78, 5) is 4.75. The molecule has 0 spiro atoms. The van der Waals surface area contributed by atoms with Crippen LogP contribution < -0.4 is 4.74 Å². The Kier molecular flexibility index (Phi) is 12.0. The maximum Gasteiger partial charge on any atom is 2.00 e. The molecule has 0 aliphatic rings. The first-order valence-electron chi connectivity index (χ1n) is 20.5. The number of benzene rings is 6. The van der Waals surface area contributed by atoms with Crippen molar-refractivity contribution in [1.29, 1.82) is 0 Å². The SMILES string of the molecule is CCCCc1nn(-c2[c-]c(Oc3[c-]c4c(cc3)c3ccccc3n4-c3cc(C)ccn3)ccc2)c(CCCC)c1-c1c(-c2ccccc2)cccc1-c1ccccc1.[Pd+2]. The Labute approximate surface area is 361 Å². The largest absolute Gasteiger partial charge is 2.00 e. The molecule has 59 heavy (non-hydrogen) atoms. The molecular weight excluding hydrogens is 815 g/mol. The van der Waals surface area contributed by atoms with Crippen LogP contribution in [0.3, 0.4) is 0 Å². The van der Waals surface area contributed by atoms with Crippen molar-refractivity contribution in [2.45, 2.75) is 59.3 Å². The summed E-state index contributed by atoms with van der Waals surface area (Å²) in [6.07, 6.45) is 7.85. The van der Waals surface area contributed by atoms with Crippen LogP contribution in [0, 0.1) is 19.1 Å². The van der Waals surface area contributed by atoms with E-state index in [1.807, 2.05) is 30.5 Å². The number of hydrogen-bond acceptors (Lipinski definition) is 3. The number of para-hydroxylation sites is 1. The number of ether oxygens (including phenoxy) is 1. The van der Waals surface area contributed by atoms with Crippen LogP contribution in [-0.2, 0) is 33.3 Å². The standard InChI is InChI=1S/C53H46N4O.Pd/c1-4-6-27-47-53(52-43(38-18-10-8-11-19-38)25-17-26-44(52)39-20-12-9-13-21-39)49(28-7-5-2)57(55-47)40-22-16-23-41(35-40)58-42-30-31-46-45-24-14-15-29-48(45)56(50(46)36-42)51-34-37(3)32-33-54-51;/h8-26,29-34H,4-7,27-28H2,1-3H3;/q-2;+2. The van der Waals surface area contributed by atoms with Gasteiger partial charge in [0, 0.05) is 40.0 Å². The molecule has 9 rings (SSSR count). The third-order valence-corrected chi connectivity index (χ3v) is 11.0. The smallest absolute Gasteiger partial charge is 0.509 e. The first-order valence-corrected chi connectivity index (χ1v) is 20.5. The first-order chi connectivity index (χ1) is 28.6. The number of pyridine rings is 1. The minimum atomic E-state index is 0. The van der Waals surface area contributed by atoms with Crippen LogP contribution in [0.25, 0.3) is 66.7 Å². The second-order valence-corrected chi connectivity index (χ2v) is 15.0. The zero-order chi connectivity index (χ0) is 39.4. The van der Waals surface area contributed by atoms with Crippen molar-refractivity contribution in [2.75, 3.05) is 0 Å². The molecule has 0 radical (unpaired) electrons. The van der Waals surface area contributed by atoms with E-state index in [2.05, 4.69) is 163 Å². The van der Waals surface area contributed by atoms with Gasteiger partial charge in [-0.15, -0.1) is 35.7 Å². The number of rotatable bonds is 13. The Hall–Kier alpha value is -6.06. The summed E-state index contributed by atoms with van der Waals surface area (Å²) in [5, 5.41) is 7.74. The Morgan fingerprint density at radius 2 is 1.27 bits per heavy atom. The summed E-state index contributed by atoms with van der Waals surface area (Å²) in [6.45, 7) is 6.60. The van der Waals surface area contributed by atoms with E-state index >= 15 is 0 Å². The minimum absolute atomic E-state index is 0. The summed E-state index contributed by atoms with van der Waals surface area (Å²) < 4.78 is 11.0. The summed E-state index contributed by atoms with van der Waals surface area (Å²) in [7, 11) is 0. The van der Waals surface area contributed by atoms with Gasteiger partial charge in [-0.05, 0) is 89.7 Å². The first kappa shape index (κ1) is 39.8. The maximum atomic E-state index is 6.63. The van der Waals surface area contributed by atoms with Crippen LogP contribution in [0.2, 0.25) is 0 Å². The maximum absolute atomic E-state index is 6.63. The fourth-order valence-corrected chi connectivity index (χ4v) is 8.18. The summed E-state index contributed by atoms with van der Waals surface area (Å²) in [5.74, 6) is 2.07. The number of nitrogens with zero attached hydrogens (tertiary/aromatic N) is 4. The molecule has 0 N–H and O–H groups in total. The van der Waals surface area contributed by atoms with Gasteiger partial charge in [0.25, 0.3) is 0 Å². The van der Waals surface area contributed by atoms with Gasteiger partial charge >= 0.3 is 20.4 Å². The van der Waals surface area contributed by atoms with E-state index in [1.54, 1.807) is 0 Å². The van der Waals surface area contributed by atoms with Gasteiger partial charge in [0.2, 0.25) is 0 Å². The fourth-order valence-electron chi connectivity index (χ4n) is 8.18. The number of unbranched alkanes of at least 4 members (excludes halogenated alkanes) is 2. The average Bonchev–Trinajstić information content (AvgIpc) is 3.80. The van der Waals surface area contributed by atoms with Crippen LogP contribution in [0.1, 0.15) is 56.5 Å². The van der Waals surface area contributed by atoms with Crippen LogP contribution in [0.5, 0.6) is 11.5 Å². The van der Waals surface area contributed by atoms with Crippen LogP contribution in [0.15, 0.2) is 152 Å². The predicted molar refractivity (Wildman–Crippen MR) is 238 cm³/mol. The second kappa shape index (κ2) is 17.8. The van der Waals surface area contributed by atoms with E-state index in [4.69, 9.17) is 14.8 Å². The Bertz CT molecular complexity index is 2800. The average molecular weight is 861 g/mol. The minimum Gasteiger partial charge on any atom is -0.509 e. The molecule has 0 atom stereocenters. The monoisotopic (exact) mass is 860 g/mol. The van der Waals surface area contributed by atoms with E-state index < -0.39 is 0 Å². The number of aromatic nitrogens is 4. The zero-order valence-electron chi connectivity index (χ0n) is 33.7. The fraction of sp³-hybridized carbons (Fsp3) is 0.170. The van der Waals surface area contributed by atoms with Crippen molar-refractivity contribution >= 4 is 21.8 Å². The summed E-state index contributed by atoms with van der Waals surface area (Å²) >= 11 is 0. The molecule has 6 heteroatoms. The molecule has 0 bridgehead atoms. The third kappa shape index (κ3) is 7.91. The van der Waals surface area contributed by atoms with Crippen molar-refractivity contribution in [3.63, 3.8) is 0 Å². The molecule has 0 saturated heterocycles. The van der Waals surface area contributed by atoms with Crippen molar-refractivity contribution < 1.29 is 25.2 Å². The van der Waals surface area contributed by atoms with E-state index in [1.165, 1.54) is 39.1 Å². The molecule has 0 aliphatic carbocycles. The number of fused-ring (bicyclic) bond motifs is 3. The van der Waals surface area contributed by atoms with Crippen LogP contribution >= 0.6 is 0 Å². The van der Waals surface area contributed by atoms with Gasteiger partial charge in [-0.1, -0.05) is 129 Å². The van der Waals surface area contributed by atoms with Crippen LogP contribution in [0.4, 0.5) is 0 Å². The van der Waals surface area contributed by atoms with Gasteiger partial charge in [0.1, 0.15) is 5.82 Å². The molecule has 0 unspecified atom stereocenters. The molecule has 0 saturated carbocycles. The molecule has 9 aromatic rings. The molecular formula is C53H46N4OPd. The molecule has 3 aromatic heterocycles. The van der Waals surface area contributed by atoms with Gasteiger partial charge in [-0.25, -0.2) is 4.98 Å². The molecule has 6 aromatic carbocycles. The number of aryl methyl sites for hydroxylation is 2. The molecule has 5 nitrogen and oxygen atoms in total. The Morgan fingerprint density at radius 1 is 0.610 bits per heavy atom. The molecule has 0 fully saturated rings. The van der Waals surface area contributed by atoms with Crippen molar-refractivity contribution in [3.8, 4) is 56.4 Å². The Balaban J connectivity index is 0.00000484. The molecule has 0 aliphatic heterocycles. The quantitative estimate of drug-likeness (QED) is 0.0857. The normalized spacial score (nSPS) is 11.2. The van der Waals surface area contributed by atoms with E-state index in [0.29, 0.717) is 11.5 Å². The van der Waals surface area contributed by atoms with Crippen molar-refractivity contribution in [2.24, 2.45) is 0 Å². The van der Waals surface area contributed by atoms with Gasteiger partial charge in [0.15, 0.2) is 0 Å². The number of hydrogen-bond donors (Lipinski definition) is 0. The van der Waals surface area contributed by atoms with Crippen molar-refractivity contribution in [1.82, 2.24) is 19.3 Å². The topological polar surface area (TPSA) is 44.9 Å².